The van der Waals surface area contributed by atoms with Crippen LogP contribution in [-0.2, 0) is 16.1 Å². The third-order valence-corrected chi connectivity index (χ3v) is 5.71. The summed E-state index contributed by atoms with van der Waals surface area (Å²) in [4.78, 5) is 32.3. The Balaban J connectivity index is 1.39. The molecule has 1 saturated heterocycles. The first-order valence-corrected chi connectivity index (χ1v) is 9.96. The Morgan fingerprint density at radius 1 is 1.19 bits per heavy atom. The molecule has 2 aliphatic carbocycles. The van der Waals surface area contributed by atoms with Gasteiger partial charge in [0.1, 0.15) is 18.4 Å². The van der Waals surface area contributed by atoms with Gasteiger partial charge < -0.3 is 20.1 Å². The maximum absolute atomic E-state index is 13.2. The summed E-state index contributed by atoms with van der Waals surface area (Å²) in [6.07, 6.45) is 4.37. The van der Waals surface area contributed by atoms with Crippen molar-refractivity contribution in [1.82, 2.24) is 25.1 Å². The van der Waals surface area contributed by atoms with E-state index in [0.29, 0.717) is 25.0 Å². The van der Waals surface area contributed by atoms with Crippen LogP contribution in [0.1, 0.15) is 37.4 Å². The Hall–Kier alpha value is -2.41. The Bertz CT molecular complexity index is 884. The molecule has 0 unspecified atom stereocenters. The lowest BCUT2D eigenvalue weighted by Gasteiger charge is -2.35. The van der Waals surface area contributed by atoms with Crippen LogP contribution >= 0.6 is 0 Å². The lowest BCUT2D eigenvalue weighted by molar-refractivity contribution is -0.142. The highest BCUT2D eigenvalue weighted by Gasteiger charge is 2.36. The summed E-state index contributed by atoms with van der Waals surface area (Å²) in [6, 6.07) is 7.86. The van der Waals surface area contributed by atoms with E-state index < -0.39 is 6.04 Å². The molecule has 1 aliphatic heterocycles. The van der Waals surface area contributed by atoms with E-state index >= 15 is 0 Å². The van der Waals surface area contributed by atoms with Gasteiger partial charge in [0.2, 0.25) is 11.8 Å². The zero-order chi connectivity index (χ0) is 18.4. The third kappa shape index (κ3) is 3.32. The molecule has 27 heavy (non-hydrogen) atoms. The number of fused-ring (bicyclic) bond motifs is 1. The fourth-order valence-corrected chi connectivity index (χ4v) is 3.90. The van der Waals surface area contributed by atoms with Gasteiger partial charge in [0.25, 0.3) is 0 Å². The van der Waals surface area contributed by atoms with Crippen LogP contribution in [-0.4, -0.2) is 58.0 Å². The van der Waals surface area contributed by atoms with Crippen molar-refractivity contribution in [3.63, 3.8) is 0 Å². The molecule has 7 heteroatoms. The number of carbonyl (C=O) groups is 2. The maximum atomic E-state index is 13.2. The average molecular weight is 367 g/mol. The van der Waals surface area contributed by atoms with Gasteiger partial charge in [0.05, 0.1) is 11.0 Å². The highest BCUT2D eigenvalue weighted by molar-refractivity contribution is 5.89. The van der Waals surface area contributed by atoms with E-state index in [1.54, 1.807) is 4.90 Å². The zero-order valence-corrected chi connectivity index (χ0v) is 15.4. The van der Waals surface area contributed by atoms with E-state index in [1.807, 2.05) is 24.3 Å². The molecule has 0 radical (unpaired) electrons. The van der Waals surface area contributed by atoms with Crippen LogP contribution in [0.3, 0.4) is 0 Å². The average Bonchev–Trinajstić information content (AvgIpc) is 3.61. The van der Waals surface area contributed by atoms with Crippen molar-refractivity contribution in [3.05, 3.63) is 30.1 Å². The number of nitrogens with zero attached hydrogens (tertiary/aromatic N) is 3. The molecule has 1 aromatic heterocycles. The van der Waals surface area contributed by atoms with Crippen molar-refractivity contribution in [2.75, 3.05) is 19.6 Å². The van der Waals surface area contributed by atoms with Crippen LogP contribution in [0.5, 0.6) is 0 Å². The molecule has 2 aromatic rings. The molecule has 5 rings (SSSR count). The summed E-state index contributed by atoms with van der Waals surface area (Å²) < 4.78 is 2.06. The number of aromatic nitrogens is 2. The molecule has 2 N–H and O–H groups in total. The largest absolute Gasteiger partial charge is 0.352 e. The van der Waals surface area contributed by atoms with Gasteiger partial charge in [0.15, 0.2) is 0 Å². The SMILES string of the molecule is O=C(NC1CC1)[C@@H]1CNCCN1C(=O)Cn1c(C2CC2)nc2ccccc21. The van der Waals surface area contributed by atoms with Gasteiger partial charge in [-0.15, -0.1) is 0 Å². The minimum absolute atomic E-state index is 0.00231. The van der Waals surface area contributed by atoms with Gasteiger partial charge in [-0.05, 0) is 37.8 Å². The molecule has 142 valence electrons. The molecule has 3 aliphatic rings. The molecule has 0 bridgehead atoms. The number of imidazole rings is 1. The lowest BCUT2D eigenvalue weighted by Crippen LogP contribution is -2.60. The first-order valence-electron chi connectivity index (χ1n) is 9.96. The number of nitrogens with one attached hydrogen (secondary N) is 2. The molecule has 3 fully saturated rings. The summed E-state index contributed by atoms with van der Waals surface area (Å²) in [7, 11) is 0. The zero-order valence-electron chi connectivity index (χ0n) is 15.4. The van der Waals surface area contributed by atoms with E-state index in [1.165, 1.54) is 0 Å². The van der Waals surface area contributed by atoms with Crippen LogP contribution in [0.15, 0.2) is 24.3 Å². The number of hydrogen-bond acceptors (Lipinski definition) is 4. The quantitative estimate of drug-likeness (QED) is 0.826. The van der Waals surface area contributed by atoms with E-state index in [4.69, 9.17) is 4.98 Å². The lowest BCUT2D eigenvalue weighted by atomic mass is 10.1. The summed E-state index contributed by atoms with van der Waals surface area (Å²) in [6.45, 7) is 2.05. The van der Waals surface area contributed by atoms with Crippen LogP contribution in [0.4, 0.5) is 0 Å². The highest BCUT2D eigenvalue weighted by Crippen LogP contribution is 2.40. The second-order valence-corrected chi connectivity index (χ2v) is 7.91. The number of benzene rings is 1. The monoisotopic (exact) mass is 367 g/mol. The molecule has 2 amide bonds. The topological polar surface area (TPSA) is 79.3 Å². The van der Waals surface area contributed by atoms with Gasteiger partial charge in [-0.25, -0.2) is 4.98 Å². The van der Waals surface area contributed by atoms with Crippen LogP contribution < -0.4 is 10.6 Å². The second kappa shape index (κ2) is 6.64. The van der Waals surface area contributed by atoms with Crippen LogP contribution in [0.2, 0.25) is 0 Å². The normalized spacial score (nSPS) is 22.8. The van der Waals surface area contributed by atoms with E-state index in [2.05, 4.69) is 15.2 Å². The standard InChI is InChI=1S/C20H25N5O2/c26-18(24-10-9-21-11-17(24)20(27)22-14-7-8-14)12-25-16-4-2-1-3-15(16)23-19(25)13-5-6-13/h1-4,13-14,17,21H,5-12H2,(H,22,27)/t17-/m0/s1. The smallest absolute Gasteiger partial charge is 0.244 e. The second-order valence-electron chi connectivity index (χ2n) is 7.91. The number of piperazine rings is 1. The molecule has 1 atom stereocenters. The Kier molecular flexibility index (Phi) is 4.11. The summed E-state index contributed by atoms with van der Waals surface area (Å²) in [5.74, 6) is 1.44. The fraction of sp³-hybridized carbons (Fsp3) is 0.550. The minimum atomic E-state index is -0.425. The molecule has 1 aromatic carbocycles. The van der Waals surface area contributed by atoms with Crippen LogP contribution in [0.25, 0.3) is 11.0 Å². The molecule has 2 saturated carbocycles. The summed E-state index contributed by atoms with van der Waals surface area (Å²) >= 11 is 0. The van der Waals surface area contributed by atoms with E-state index in [9.17, 15) is 9.59 Å². The molecule has 7 nitrogen and oxygen atoms in total. The number of amides is 2. The number of para-hydroxylation sites is 2. The number of carbonyl (C=O) groups excluding carboxylic acids is 2. The van der Waals surface area contributed by atoms with Gasteiger partial charge in [-0.2, -0.15) is 0 Å². The van der Waals surface area contributed by atoms with E-state index in [0.717, 1.165) is 49.1 Å². The highest BCUT2D eigenvalue weighted by atomic mass is 16.2. The maximum Gasteiger partial charge on any atom is 0.244 e. The molecular formula is C20H25N5O2. The predicted octanol–water partition coefficient (Wildman–Crippen LogP) is 0.993. The van der Waals surface area contributed by atoms with E-state index in [-0.39, 0.29) is 18.4 Å². The first kappa shape index (κ1) is 16.7. The van der Waals surface area contributed by atoms with Gasteiger partial charge >= 0.3 is 0 Å². The Morgan fingerprint density at radius 3 is 2.78 bits per heavy atom. The van der Waals surface area contributed by atoms with Gasteiger partial charge in [0, 0.05) is 31.6 Å². The Labute approximate surface area is 158 Å². The van der Waals surface area contributed by atoms with Crippen molar-refractivity contribution >= 4 is 22.8 Å². The van der Waals surface area contributed by atoms with Crippen molar-refractivity contribution in [2.45, 2.75) is 50.2 Å². The molecule has 2 heterocycles. The van der Waals surface area contributed by atoms with Crippen LogP contribution in [0, 0.1) is 0 Å². The van der Waals surface area contributed by atoms with Crippen molar-refractivity contribution in [3.8, 4) is 0 Å². The third-order valence-electron chi connectivity index (χ3n) is 5.71. The summed E-state index contributed by atoms with van der Waals surface area (Å²) in [5, 5.41) is 6.29. The summed E-state index contributed by atoms with van der Waals surface area (Å²) in [5.41, 5.74) is 1.94. The number of hydrogen-bond donors (Lipinski definition) is 2. The first-order chi connectivity index (χ1) is 13.2. The van der Waals surface area contributed by atoms with Crippen molar-refractivity contribution < 1.29 is 9.59 Å². The van der Waals surface area contributed by atoms with Gasteiger partial charge in [-0.3, -0.25) is 9.59 Å². The minimum Gasteiger partial charge on any atom is -0.352 e. The van der Waals surface area contributed by atoms with Gasteiger partial charge in [-0.1, -0.05) is 12.1 Å². The van der Waals surface area contributed by atoms with Crippen molar-refractivity contribution in [1.29, 1.82) is 0 Å². The molecular weight excluding hydrogens is 342 g/mol. The number of rotatable bonds is 5. The molecule has 0 spiro atoms. The van der Waals surface area contributed by atoms with Crippen molar-refractivity contribution in [2.24, 2.45) is 0 Å². The Morgan fingerprint density at radius 2 is 2.00 bits per heavy atom. The predicted molar refractivity (Wildman–Crippen MR) is 101 cm³/mol. The fourth-order valence-electron chi connectivity index (χ4n) is 3.90.